The number of ether oxygens (including phenoxy) is 1. The third kappa shape index (κ3) is 5.47. The lowest BCUT2D eigenvalue weighted by Crippen LogP contribution is -2.34. The van der Waals surface area contributed by atoms with E-state index >= 15 is 0 Å². The van der Waals surface area contributed by atoms with Crippen molar-refractivity contribution in [2.24, 2.45) is 0 Å². The zero-order valence-corrected chi connectivity index (χ0v) is 16.9. The fraction of sp³-hybridized carbons (Fsp3) is 0.353. The van der Waals surface area contributed by atoms with Crippen molar-refractivity contribution in [1.82, 2.24) is 19.7 Å². The summed E-state index contributed by atoms with van der Waals surface area (Å²) in [5, 5.41) is 6.17. The van der Waals surface area contributed by atoms with E-state index in [1.807, 2.05) is 0 Å². The number of nitrogens with one attached hydrogen (secondary N) is 1. The molecule has 0 aliphatic rings. The van der Waals surface area contributed by atoms with Crippen LogP contribution in [0, 0.1) is 11.6 Å². The summed E-state index contributed by atoms with van der Waals surface area (Å²) in [5.74, 6) is -1.78. The van der Waals surface area contributed by atoms with E-state index in [4.69, 9.17) is 4.74 Å². The van der Waals surface area contributed by atoms with Crippen molar-refractivity contribution in [2.45, 2.75) is 32.9 Å². The van der Waals surface area contributed by atoms with Gasteiger partial charge in [0.2, 0.25) is 0 Å². The molecular weight excluding hydrogens is 445 g/mol. The molecule has 1 N–H and O–H groups in total. The number of amides is 1. The fourth-order valence-electron chi connectivity index (χ4n) is 2.13. The number of halogens is 4. The van der Waals surface area contributed by atoms with E-state index in [0.717, 1.165) is 27.7 Å². The first-order chi connectivity index (χ1) is 13.0. The molecule has 1 aromatic carbocycles. The molecule has 1 amide bonds. The van der Waals surface area contributed by atoms with Crippen molar-refractivity contribution in [3.63, 3.8) is 0 Å². The molecule has 0 unspecified atom stereocenters. The number of hydrogen-bond acceptors (Lipinski definition) is 4. The van der Waals surface area contributed by atoms with Crippen LogP contribution in [0.5, 0.6) is 0 Å². The van der Waals surface area contributed by atoms with Crippen molar-refractivity contribution < 1.29 is 22.7 Å². The second-order valence-electron chi connectivity index (χ2n) is 6.79. The molecule has 28 heavy (non-hydrogen) atoms. The molecule has 0 saturated heterocycles. The largest absolute Gasteiger partial charge is 0.444 e. The zero-order chi connectivity index (χ0) is 21.1. The van der Waals surface area contributed by atoms with Gasteiger partial charge in [-0.2, -0.15) is 5.10 Å². The van der Waals surface area contributed by atoms with Crippen LogP contribution in [-0.4, -0.2) is 32.6 Å². The average Bonchev–Trinajstić information content (AvgIpc) is 2.95. The van der Waals surface area contributed by atoms with Crippen LogP contribution < -0.4 is 11.0 Å². The topological polar surface area (TPSA) is 78.2 Å². The van der Waals surface area contributed by atoms with Gasteiger partial charge < -0.3 is 10.1 Å². The van der Waals surface area contributed by atoms with Crippen LogP contribution in [0.2, 0.25) is 0 Å². The SMILES string of the molecule is CC(C)(C)OC(=O)NC/C(=C/F)Cn1ncn(-c2cc(F)c(Br)c(F)c2)c1=O. The maximum Gasteiger partial charge on any atom is 0.407 e. The molecular formula is C17H18BrF3N4O3. The number of rotatable bonds is 5. The van der Waals surface area contributed by atoms with E-state index in [1.54, 1.807) is 20.8 Å². The predicted octanol–water partition coefficient (Wildman–Crippen LogP) is 3.45. The van der Waals surface area contributed by atoms with E-state index in [0.29, 0.717) is 0 Å². The fourth-order valence-corrected chi connectivity index (χ4v) is 2.35. The van der Waals surface area contributed by atoms with Crippen LogP contribution >= 0.6 is 15.9 Å². The highest BCUT2D eigenvalue weighted by Gasteiger charge is 2.17. The maximum atomic E-state index is 13.7. The van der Waals surface area contributed by atoms with Crippen molar-refractivity contribution in [1.29, 1.82) is 0 Å². The Morgan fingerprint density at radius 1 is 1.32 bits per heavy atom. The maximum absolute atomic E-state index is 13.7. The Labute approximate surface area is 166 Å². The number of aromatic nitrogens is 3. The molecule has 0 atom stereocenters. The van der Waals surface area contributed by atoms with Gasteiger partial charge in [0, 0.05) is 6.54 Å². The summed E-state index contributed by atoms with van der Waals surface area (Å²) in [7, 11) is 0. The molecule has 0 saturated carbocycles. The number of benzene rings is 1. The van der Waals surface area contributed by atoms with Crippen molar-refractivity contribution >= 4 is 22.0 Å². The second-order valence-corrected chi connectivity index (χ2v) is 7.58. The molecule has 0 fully saturated rings. The van der Waals surface area contributed by atoms with Gasteiger partial charge in [0.15, 0.2) is 0 Å². The highest BCUT2D eigenvalue weighted by atomic mass is 79.9. The van der Waals surface area contributed by atoms with Gasteiger partial charge in [-0.3, -0.25) is 0 Å². The summed E-state index contributed by atoms with van der Waals surface area (Å²) in [5.41, 5.74) is -1.49. The lowest BCUT2D eigenvalue weighted by Gasteiger charge is -2.19. The number of carbonyl (C=O) groups is 1. The molecule has 0 aliphatic carbocycles. The number of nitrogens with zero attached hydrogens (tertiary/aromatic N) is 3. The van der Waals surface area contributed by atoms with Crippen molar-refractivity contribution in [3.05, 3.63) is 57.0 Å². The first-order valence-electron chi connectivity index (χ1n) is 8.06. The third-order valence-electron chi connectivity index (χ3n) is 3.35. The van der Waals surface area contributed by atoms with Gasteiger partial charge in [0.1, 0.15) is 23.6 Å². The van der Waals surface area contributed by atoms with Gasteiger partial charge in [-0.25, -0.2) is 32.0 Å². The van der Waals surface area contributed by atoms with E-state index in [-0.39, 0.29) is 35.2 Å². The predicted molar refractivity (Wildman–Crippen MR) is 98.9 cm³/mol. The Hall–Kier alpha value is -2.56. The first kappa shape index (κ1) is 21.7. The number of hydrogen-bond donors (Lipinski definition) is 1. The molecule has 11 heteroatoms. The lowest BCUT2D eigenvalue weighted by molar-refractivity contribution is 0.0532. The molecule has 0 radical (unpaired) electrons. The summed E-state index contributed by atoms with van der Waals surface area (Å²) < 4.78 is 47.0. The minimum Gasteiger partial charge on any atom is -0.444 e. The van der Waals surface area contributed by atoms with Crippen LogP contribution in [0.1, 0.15) is 20.8 Å². The molecule has 0 aliphatic heterocycles. The van der Waals surface area contributed by atoms with Gasteiger partial charge in [-0.1, -0.05) is 0 Å². The van der Waals surface area contributed by atoms with Gasteiger partial charge in [-0.15, -0.1) is 0 Å². The Balaban J connectivity index is 2.13. The summed E-state index contributed by atoms with van der Waals surface area (Å²) in [6.07, 6.45) is 0.550. The highest BCUT2D eigenvalue weighted by molar-refractivity contribution is 9.10. The summed E-state index contributed by atoms with van der Waals surface area (Å²) in [4.78, 5) is 24.0. The van der Waals surface area contributed by atoms with Gasteiger partial charge in [-0.05, 0) is 54.4 Å². The van der Waals surface area contributed by atoms with Crippen LogP contribution in [0.15, 0.2) is 39.6 Å². The minimum absolute atomic E-state index is 0.0337. The van der Waals surface area contributed by atoms with Gasteiger partial charge in [0.25, 0.3) is 0 Å². The highest BCUT2D eigenvalue weighted by Crippen LogP contribution is 2.22. The third-order valence-corrected chi connectivity index (χ3v) is 4.10. The number of alkyl carbamates (subject to hydrolysis) is 1. The van der Waals surface area contributed by atoms with Crippen molar-refractivity contribution in [2.75, 3.05) is 6.54 Å². The Bertz CT molecular complexity index is 940. The van der Waals surface area contributed by atoms with Crippen LogP contribution in [0.4, 0.5) is 18.0 Å². The molecule has 0 bridgehead atoms. The molecule has 152 valence electrons. The second kappa shape index (κ2) is 8.63. The Morgan fingerprint density at radius 2 is 1.93 bits per heavy atom. The summed E-state index contributed by atoms with van der Waals surface area (Å²) in [6, 6.07) is 1.91. The molecule has 7 nitrogen and oxygen atoms in total. The standard InChI is InChI=1S/C17H18BrF3N4O3/c1-17(2,3)28-15(26)22-7-10(6-19)8-25-16(27)24(9-23-25)11-4-12(20)14(18)13(21)5-11/h4-6,9H,7-8H2,1-3H3,(H,22,26)/b10-6-. The molecule has 1 aromatic heterocycles. The van der Waals surface area contributed by atoms with E-state index in [9.17, 15) is 22.8 Å². The lowest BCUT2D eigenvalue weighted by atomic mass is 10.2. The summed E-state index contributed by atoms with van der Waals surface area (Å²) >= 11 is 2.75. The summed E-state index contributed by atoms with van der Waals surface area (Å²) in [6.45, 7) is 4.54. The first-order valence-corrected chi connectivity index (χ1v) is 8.85. The average molecular weight is 463 g/mol. The number of carbonyl (C=O) groups excluding carboxylic acids is 1. The Kier molecular flexibility index (Phi) is 6.70. The minimum atomic E-state index is -0.888. The van der Waals surface area contributed by atoms with Crippen molar-refractivity contribution in [3.8, 4) is 5.69 Å². The van der Waals surface area contributed by atoms with Crippen LogP contribution in [0.3, 0.4) is 0 Å². The monoisotopic (exact) mass is 462 g/mol. The molecule has 2 aromatic rings. The molecule has 2 rings (SSSR count). The Morgan fingerprint density at radius 3 is 2.46 bits per heavy atom. The quantitative estimate of drug-likeness (QED) is 0.690. The van der Waals surface area contributed by atoms with Crippen LogP contribution in [0.25, 0.3) is 5.69 Å². The normalized spacial score (nSPS) is 12.2. The van der Waals surface area contributed by atoms with E-state index < -0.39 is 29.0 Å². The molecule has 1 heterocycles. The van der Waals surface area contributed by atoms with E-state index in [2.05, 4.69) is 26.3 Å². The van der Waals surface area contributed by atoms with Gasteiger partial charge >= 0.3 is 11.8 Å². The van der Waals surface area contributed by atoms with Gasteiger partial charge in [0.05, 0.1) is 23.0 Å². The zero-order valence-electron chi connectivity index (χ0n) is 15.3. The van der Waals surface area contributed by atoms with Crippen LogP contribution in [-0.2, 0) is 11.3 Å². The smallest absolute Gasteiger partial charge is 0.407 e. The molecule has 0 spiro atoms. The van der Waals surface area contributed by atoms with E-state index in [1.165, 1.54) is 0 Å².